The Hall–Kier alpha value is -4.87. The number of alkyl halides is 2. The van der Waals surface area contributed by atoms with Gasteiger partial charge in [0.15, 0.2) is 17.5 Å². The molecule has 224 valence electrons. The number of hydrogen-bond donors (Lipinski definition) is 1. The molecular formula is C31H21F9N2O. The highest BCUT2D eigenvalue weighted by molar-refractivity contribution is 5.74. The van der Waals surface area contributed by atoms with Crippen LogP contribution in [0.25, 0.3) is 22.3 Å². The lowest BCUT2D eigenvalue weighted by atomic mass is 9.99. The number of benzene rings is 4. The second-order valence-electron chi connectivity index (χ2n) is 9.01. The Morgan fingerprint density at radius 3 is 1.74 bits per heavy atom. The standard InChI is InChI=1S/C26H13F9O.C5H8N2/c1-12-6-20(29)24(21(30)7-12)26(34,35)36-15-3-5-16(19(28)11-15)13-2-4-17(18(27)8-13)14-9-22(31)25(33)23(32)10-14;1-5(3-6)4-7-2/h2-11H,1H3;3-4,6H,2H2,1H3/b;5-4-,6-3?. The first-order chi connectivity index (χ1) is 20.2. The molecule has 0 radical (unpaired) electrons. The van der Waals surface area contributed by atoms with E-state index in [4.69, 9.17) is 5.41 Å². The van der Waals surface area contributed by atoms with E-state index < -0.39 is 58.1 Å². The van der Waals surface area contributed by atoms with Crippen molar-refractivity contribution in [1.29, 1.82) is 5.41 Å². The highest BCUT2D eigenvalue weighted by Gasteiger charge is 2.41. The summed E-state index contributed by atoms with van der Waals surface area (Å²) in [4.78, 5) is 3.44. The van der Waals surface area contributed by atoms with E-state index in [1.165, 1.54) is 25.4 Å². The van der Waals surface area contributed by atoms with Crippen LogP contribution in [0, 0.1) is 53.1 Å². The normalized spacial score (nSPS) is 11.5. The molecular weight excluding hydrogens is 587 g/mol. The lowest BCUT2D eigenvalue weighted by molar-refractivity contribution is -0.189. The Kier molecular flexibility index (Phi) is 10.2. The molecule has 0 atom stereocenters. The Morgan fingerprint density at radius 2 is 1.26 bits per heavy atom. The smallest absolute Gasteiger partial charge is 0.429 e. The van der Waals surface area contributed by atoms with Gasteiger partial charge in [0, 0.05) is 29.6 Å². The molecule has 4 rings (SSSR count). The highest BCUT2D eigenvalue weighted by Crippen LogP contribution is 2.37. The molecule has 0 fully saturated rings. The third-order valence-electron chi connectivity index (χ3n) is 5.76. The lowest BCUT2D eigenvalue weighted by Crippen LogP contribution is -2.25. The van der Waals surface area contributed by atoms with E-state index in [-0.39, 0.29) is 27.8 Å². The second-order valence-corrected chi connectivity index (χ2v) is 9.01. The van der Waals surface area contributed by atoms with Crippen molar-refractivity contribution in [2.45, 2.75) is 20.0 Å². The van der Waals surface area contributed by atoms with Crippen LogP contribution in [-0.4, -0.2) is 12.9 Å². The Bertz CT molecular complexity index is 1670. The van der Waals surface area contributed by atoms with E-state index in [2.05, 4.69) is 16.4 Å². The van der Waals surface area contributed by atoms with Crippen molar-refractivity contribution in [1.82, 2.24) is 0 Å². The van der Waals surface area contributed by atoms with E-state index in [0.29, 0.717) is 30.3 Å². The molecule has 1 N–H and O–H groups in total. The Morgan fingerprint density at radius 1 is 0.744 bits per heavy atom. The van der Waals surface area contributed by atoms with Crippen molar-refractivity contribution in [3.8, 4) is 28.0 Å². The minimum absolute atomic E-state index is 0.0629. The van der Waals surface area contributed by atoms with Crippen LogP contribution in [0.3, 0.4) is 0 Å². The van der Waals surface area contributed by atoms with Gasteiger partial charge in [-0.25, -0.2) is 30.7 Å². The molecule has 0 saturated carbocycles. The fraction of sp³-hybridized carbons (Fsp3) is 0.0968. The average molecular weight is 609 g/mol. The Balaban J connectivity index is 0.000000646. The average Bonchev–Trinajstić information content (AvgIpc) is 2.91. The first kappa shape index (κ1) is 32.6. The topological polar surface area (TPSA) is 45.4 Å². The van der Waals surface area contributed by atoms with Gasteiger partial charge in [-0.3, -0.25) is 4.99 Å². The minimum atomic E-state index is -4.48. The van der Waals surface area contributed by atoms with Crippen LogP contribution >= 0.6 is 0 Å². The molecule has 0 spiro atoms. The molecule has 3 nitrogen and oxygen atoms in total. The largest absolute Gasteiger partial charge is 0.432 e. The van der Waals surface area contributed by atoms with Crippen molar-refractivity contribution < 1.29 is 44.3 Å². The van der Waals surface area contributed by atoms with Gasteiger partial charge in [0.25, 0.3) is 0 Å². The van der Waals surface area contributed by atoms with Crippen LogP contribution in [0.1, 0.15) is 18.1 Å². The summed E-state index contributed by atoms with van der Waals surface area (Å²) >= 11 is 0. The number of ether oxygens (including phenoxy) is 1. The van der Waals surface area contributed by atoms with Gasteiger partial charge in [-0.2, -0.15) is 8.78 Å². The van der Waals surface area contributed by atoms with Crippen LogP contribution in [-0.2, 0) is 6.11 Å². The molecule has 0 aromatic heterocycles. The zero-order valence-electron chi connectivity index (χ0n) is 22.4. The molecule has 0 aliphatic rings. The van der Waals surface area contributed by atoms with Crippen LogP contribution in [0.4, 0.5) is 39.5 Å². The van der Waals surface area contributed by atoms with Gasteiger partial charge < -0.3 is 10.1 Å². The van der Waals surface area contributed by atoms with Gasteiger partial charge in [0.2, 0.25) is 0 Å². The molecule has 4 aromatic carbocycles. The van der Waals surface area contributed by atoms with Crippen molar-refractivity contribution in [3.63, 3.8) is 0 Å². The van der Waals surface area contributed by atoms with Crippen molar-refractivity contribution in [2.75, 3.05) is 0 Å². The summed E-state index contributed by atoms with van der Waals surface area (Å²) in [6.07, 6.45) is -1.72. The molecule has 0 aliphatic carbocycles. The predicted molar refractivity (Wildman–Crippen MR) is 145 cm³/mol. The van der Waals surface area contributed by atoms with Crippen molar-refractivity contribution in [3.05, 3.63) is 124 Å². The summed E-state index contributed by atoms with van der Waals surface area (Å²) in [7, 11) is 0. The van der Waals surface area contributed by atoms with Gasteiger partial charge >= 0.3 is 6.11 Å². The van der Waals surface area contributed by atoms with E-state index in [1.807, 2.05) is 0 Å². The third-order valence-corrected chi connectivity index (χ3v) is 5.76. The monoisotopic (exact) mass is 608 g/mol. The maximum Gasteiger partial charge on any atom is 0.432 e. The molecule has 0 aliphatic heterocycles. The van der Waals surface area contributed by atoms with E-state index in [0.717, 1.165) is 29.8 Å². The number of nitrogens with one attached hydrogen (secondary N) is 1. The zero-order valence-corrected chi connectivity index (χ0v) is 22.4. The number of rotatable bonds is 7. The maximum absolute atomic E-state index is 14.7. The first-order valence-electron chi connectivity index (χ1n) is 12.1. The summed E-state index contributed by atoms with van der Waals surface area (Å²) in [5.41, 5.74) is -1.73. The van der Waals surface area contributed by atoms with Crippen LogP contribution in [0.5, 0.6) is 5.75 Å². The second kappa shape index (κ2) is 13.4. The third kappa shape index (κ3) is 7.70. The summed E-state index contributed by atoms with van der Waals surface area (Å²) in [6, 6.07) is 7.98. The van der Waals surface area contributed by atoms with Gasteiger partial charge in [-0.1, -0.05) is 12.1 Å². The van der Waals surface area contributed by atoms with Gasteiger partial charge in [-0.05, 0) is 85.3 Å². The summed E-state index contributed by atoms with van der Waals surface area (Å²) in [5.74, 6) is -10.8. The number of nitrogens with zero attached hydrogens (tertiary/aromatic N) is 1. The van der Waals surface area contributed by atoms with E-state index in [9.17, 15) is 39.5 Å². The van der Waals surface area contributed by atoms with Gasteiger partial charge in [0.05, 0.1) is 0 Å². The van der Waals surface area contributed by atoms with Gasteiger partial charge in [0.1, 0.15) is 34.6 Å². The van der Waals surface area contributed by atoms with E-state index in [1.54, 1.807) is 6.92 Å². The zero-order chi connectivity index (χ0) is 32.1. The van der Waals surface area contributed by atoms with Crippen molar-refractivity contribution in [2.24, 2.45) is 4.99 Å². The van der Waals surface area contributed by atoms with Gasteiger partial charge in [-0.15, -0.1) is 0 Å². The summed E-state index contributed by atoms with van der Waals surface area (Å²) in [5, 5.41) is 6.63. The summed E-state index contributed by atoms with van der Waals surface area (Å²) < 4.78 is 131. The minimum Gasteiger partial charge on any atom is -0.429 e. The maximum atomic E-state index is 14.7. The van der Waals surface area contributed by atoms with Crippen LogP contribution < -0.4 is 4.74 Å². The van der Waals surface area contributed by atoms with Crippen LogP contribution in [0.15, 0.2) is 77.4 Å². The number of aliphatic imine (C=N–C) groups is 1. The predicted octanol–water partition coefficient (Wildman–Crippen LogP) is 9.67. The number of allylic oxidation sites excluding steroid dienone is 1. The molecule has 0 unspecified atom stereocenters. The molecule has 43 heavy (non-hydrogen) atoms. The van der Waals surface area contributed by atoms with Crippen LogP contribution in [0.2, 0.25) is 0 Å². The number of halogens is 9. The molecule has 4 aromatic rings. The molecule has 12 heteroatoms. The lowest BCUT2D eigenvalue weighted by Gasteiger charge is -2.20. The van der Waals surface area contributed by atoms with E-state index >= 15 is 0 Å². The quantitative estimate of drug-likeness (QED) is 0.127. The molecule has 0 bridgehead atoms. The number of hydrogen-bond acceptors (Lipinski definition) is 3. The molecule has 0 saturated heterocycles. The Labute approximate surface area is 240 Å². The fourth-order valence-corrected chi connectivity index (χ4v) is 3.78. The molecule has 0 amide bonds. The number of aryl methyl sites for hydroxylation is 1. The molecule has 0 heterocycles. The fourth-order valence-electron chi connectivity index (χ4n) is 3.78. The van der Waals surface area contributed by atoms with Crippen molar-refractivity contribution >= 4 is 12.9 Å². The SMILES string of the molecule is C=N/C=C(/C)C=N.Cc1cc(F)c(C(F)(F)Oc2ccc(-c3ccc(-c4cc(F)c(F)c(F)c4)c(F)c3)c(F)c2)c(F)c1. The first-order valence-corrected chi connectivity index (χ1v) is 12.1. The summed E-state index contributed by atoms with van der Waals surface area (Å²) in [6.45, 7) is 6.31. The highest BCUT2D eigenvalue weighted by atomic mass is 19.3.